The average Bonchev–Trinajstić information content (AvgIpc) is 3.17. The van der Waals surface area contributed by atoms with Crippen LogP contribution in [-0.2, 0) is 4.79 Å². The number of carbonyl (C=O) groups excluding carboxylic acids is 2. The molecule has 7 nitrogen and oxygen atoms in total. The number of benzene rings is 2. The molecular weight excluding hydrogens is 452 g/mol. The molecular formula is C20H10F4N4O3S. The molecule has 0 fully saturated rings. The fraction of sp³-hybridized carbons (Fsp3) is 0.0500. The Balaban J connectivity index is 1.53. The van der Waals surface area contributed by atoms with Crippen molar-refractivity contribution < 1.29 is 31.9 Å². The van der Waals surface area contributed by atoms with Crippen molar-refractivity contribution in [3.05, 3.63) is 71.0 Å². The molecule has 0 saturated heterocycles. The van der Waals surface area contributed by atoms with E-state index in [9.17, 15) is 27.2 Å². The number of aliphatic imine (C=N–C) groups is 1. The number of nitrogens with one attached hydrogen (secondary N) is 1. The Morgan fingerprint density at radius 2 is 1.81 bits per heavy atom. The lowest BCUT2D eigenvalue weighted by atomic mass is 10.1. The molecule has 0 aliphatic carbocycles. The van der Waals surface area contributed by atoms with Crippen molar-refractivity contribution in [1.82, 2.24) is 5.01 Å². The number of rotatable bonds is 3. The molecule has 2 heterocycles. The van der Waals surface area contributed by atoms with Gasteiger partial charge in [0.15, 0.2) is 5.84 Å². The monoisotopic (exact) mass is 462 g/mol. The van der Waals surface area contributed by atoms with Crippen LogP contribution in [0.4, 0.5) is 17.6 Å². The first-order valence-corrected chi connectivity index (χ1v) is 9.59. The highest BCUT2D eigenvalue weighted by Gasteiger charge is 2.46. The highest BCUT2D eigenvalue weighted by Crippen LogP contribution is 2.35. The first-order chi connectivity index (χ1) is 15.1. The number of ether oxygens (including phenoxy) is 1. The minimum Gasteiger partial charge on any atom is -0.423 e. The van der Waals surface area contributed by atoms with E-state index in [1.54, 1.807) is 0 Å². The predicted molar refractivity (Wildman–Crippen MR) is 109 cm³/mol. The number of carbonyl (C=O) groups is 2. The minimum absolute atomic E-state index is 0.0983. The third-order valence-corrected chi connectivity index (χ3v) is 5.15. The summed E-state index contributed by atoms with van der Waals surface area (Å²) >= 11 is 0.161. The van der Waals surface area contributed by atoms with Crippen molar-refractivity contribution >= 4 is 45.8 Å². The summed E-state index contributed by atoms with van der Waals surface area (Å²) in [5, 5.41) is 10.5. The Kier molecular flexibility index (Phi) is 5.38. The van der Waals surface area contributed by atoms with Gasteiger partial charge in [0, 0.05) is 0 Å². The maximum absolute atomic E-state index is 13.7. The van der Waals surface area contributed by atoms with Crippen molar-refractivity contribution in [2.45, 2.75) is 6.18 Å². The second-order valence-corrected chi connectivity index (χ2v) is 7.32. The van der Waals surface area contributed by atoms with Crippen LogP contribution in [-0.4, -0.2) is 39.1 Å². The van der Waals surface area contributed by atoms with E-state index in [-0.39, 0.29) is 33.8 Å². The number of halogens is 4. The Labute approximate surface area is 181 Å². The van der Waals surface area contributed by atoms with Gasteiger partial charge in [0.1, 0.15) is 11.6 Å². The van der Waals surface area contributed by atoms with E-state index >= 15 is 0 Å². The zero-order valence-corrected chi connectivity index (χ0v) is 16.5. The van der Waals surface area contributed by atoms with Gasteiger partial charge in [-0.2, -0.15) is 28.3 Å². The smallest absolute Gasteiger partial charge is 0.423 e. The summed E-state index contributed by atoms with van der Waals surface area (Å²) in [5.41, 5.74) is -0.122. The Morgan fingerprint density at radius 1 is 1.12 bits per heavy atom. The van der Waals surface area contributed by atoms with Gasteiger partial charge in [-0.15, -0.1) is 0 Å². The van der Waals surface area contributed by atoms with Gasteiger partial charge in [-0.1, -0.05) is 24.3 Å². The fourth-order valence-electron chi connectivity index (χ4n) is 2.69. The molecule has 0 bridgehead atoms. The van der Waals surface area contributed by atoms with E-state index in [2.05, 4.69) is 10.1 Å². The molecule has 0 spiro atoms. The van der Waals surface area contributed by atoms with E-state index in [0.717, 1.165) is 6.07 Å². The molecule has 12 heteroatoms. The van der Waals surface area contributed by atoms with Crippen LogP contribution in [0.25, 0.3) is 6.08 Å². The number of nitrogens with zero attached hydrogens (tertiary/aromatic N) is 3. The molecule has 0 saturated carbocycles. The summed E-state index contributed by atoms with van der Waals surface area (Å²) in [7, 11) is 0. The maximum Gasteiger partial charge on any atom is 0.441 e. The van der Waals surface area contributed by atoms with Crippen LogP contribution in [0.2, 0.25) is 0 Å². The van der Waals surface area contributed by atoms with E-state index in [0.29, 0.717) is 10.6 Å². The van der Waals surface area contributed by atoms with Crippen molar-refractivity contribution in [3.8, 4) is 5.75 Å². The molecule has 1 amide bonds. The van der Waals surface area contributed by atoms with Crippen molar-refractivity contribution in [2.75, 3.05) is 0 Å². The molecule has 4 rings (SSSR count). The van der Waals surface area contributed by atoms with Gasteiger partial charge in [0.05, 0.1) is 11.1 Å². The topological polar surface area (TPSA) is 95.2 Å². The summed E-state index contributed by atoms with van der Waals surface area (Å²) in [6.07, 6.45) is -3.48. The molecule has 162 valence electrons. The van der Waals surface area contributed by atoms with E-state index in [1.807, 2.05) is 0 Å². The standard InChI is InChI=1S/C20H10F4N4O3S/c21-14-4-2-1-3-12(14)17(30)31-11-7-5-10(6-8-11)9-13-15(25)28-19(26-16(13)29)32-18(27-28)20(22,23)24/h1-9,25H. The second kappa shape index (κ2) is 8.04. The van der Waals surface area contributed by atoms with Crippen LogP contribution < -0.4 is 4.74 Å². The molecule has 32 heavy (non-hydrogen) atoms. The second-order valence-electron chi connectivity index (χ2n) is 6.36. The van der Waals surface area contributed by atoms with E-state index in [4.69, 9.17) is 10.1 Å². The van der Waals surface area contributed by atoms with Crippen LogP contribution in [0.3, 0.4) is 0 Å². The minimum atomic E-state index is -4.73. The zero-order valence-electron chi connectivity index (χ0n) is 15.7. The first kappa shape index (κ1) is 21.4. The Morgan fingerprint density at radius 3 is 2.47 bits per heavy atom. The summed E-state index contributed by atoms with van der Waals surface area (Å²) in [4.78, 5) is 27.9. The molecule has 2 aromatic rings. The highest BCUT2D eigenvalue weighted by atomic mass is 32.2. The molecule has 2 aliphatic rings. The third kappa shape index (κ3) is 4.17. The number of hydrazone groups is 1. The van der Waals surface area contributed by atoms with Gasteiger partial charge in [0.2, 0.25) is 10.2 Å². The summed E-state index contributed by atoms with van der Waals surface area (Å²) in [6.45, 7) is 0. The predicted octanol–water partition coefficient (Wildman–Crippen LogP) is 4.23. The lowest BCUT2D eigenvalue weighted by molar-refractivity contribution is -0.114. The van der Waals surface area contributed by atoms with Crippen LogP contribution in [0.1, 0.15) is 15.9 Å². The summed E-state index contributed by atoms with van der Waals surface area (Å²) in [5.74, 6) is -2.97. The maximum atomic E-state index is 13.7. The van der Waals surface area contributed by atoms with Crippen LogP contribution in [0.5, 0.6) is 5.75 Å². The molecule has 1 N–H and O–H groups in total. The number of amidine groups is 2. The summed E-state index contributed by atoms with van der Waals surface area (Å²) < 4.78 is 57.4. The number of esters is 1. The molecule has 0 radical (unpaired) electrons. The number of hydrogen-bond donors (Lipinski definition) is 1. The molecule has 0 unspecified atom stereocenters. The highest BCUT2D eigenvalue weighted by molar-refractivity contribution is 8.27. The van der Waals surface area contributed by atoms with Gasteiger partial charge < -0.3 is 4.74 Å². The van der Waals surface area contributed by atoms with E-state index in [1.165, 1.54) is 48.5 Å². The first-order valence-electron chi connectivity index (χ1n) is 8.77. The SMILES string of the molecule is N=C1C(=Cc2ccc(OC(=O)c3ccccc3F)cc2)C(=O)N=C2SC(C(F)(F)F)=NN12. The number of fused-ring (bicyclic) bond motifs is 1. The molecule has 2 aromatic carbocycles. The quantitative estimate of drug-likeness (QED) is 0.319. The third-order valence-electron chi connectivity index (χ3n) is 4.19. The van der Waals surface area contributed by atoms with Crippen molar-refractivity contribution in [3.63, 3.8) is 0 Å². The van der Waals surface area contributed by atoms with Crippen LogP contribution in [0.15, 0.2) is 64.2 Å². The summed E-state index contributed by atoms with van der Waals surface area (Å²) in [6, 6.07) is 11.0. The van der Waals surface area contributed by atoms with Gasteiger partial charge >= 0.3 is 12.1 Å². The lowest BCUT2D eigenvalue weighted by Crippen LogP contribution is -2.35. The molecule has 0 atom stereocenters. The van der Waals surface area contributed by atoms with Crippen LogP contribution in [0, 0.1) is 11.2 Å². The van der Waals surface area contributed by atoms with Crippen LogP contribution >= 0.6 is 11.8 Å². The van der Waals surface area contributed by atoms with E-state index < -0.39 is 34.7 Å². The zero-order chi connectivity index (χ0) is 23.0. The van der Waals surface area contributed by atoms with Gasteiger partial charge in [-0.05, 0) is 47.7 Å². The number of thioether (sulfide) groups is 1. The van der Waals surface area contributed by atoms with Gasteiger partial charge in [0.25, 0.3) is 5.91 Å². The largest absolute Gasteiger partial charge is 0.441 e. The Bertz CT molecular complexity index is 1240. The Hall–Kier alpha value is -3.80. The molecule has 2 aliphatic heterocycles. The fourth-order valence-corrected chi connectivity index (χ4v) is 3.45. The number of amides is 1. The molecule has 0 aromatic heterocycles. The van der Waals surface area contributed by atoms with Gasteiger partial charge in [-0.25, -0.2) is 9.18 Å². The normalized spacial score (nSPS) is 17.2. The lowest BCUT2D eigenvalue weighted by Gasteiger charge is -2.20. The average molecular weight is 462 g/mol. The van der Waals surface area contributed by atoms with Gasteiger partial charge in [-0.3, -0.25) is 10.2 Å². The van der Waals surface area contributed by atoms with Crippen molar-refractivity contribution in [2.24, 2.45) is 10.1 Å². The van der Waals surface area contributed by atoms with Crippen molar-refractivity contribution in [1.29, 1.82) is 5.41 Å². The number of alkyl halides is 3. The number of hydrogen-bond acceptors (Lipinski definition) is 6.